The van der Waals surface area contributed by atoms with Crippen LogP contribution >= 0.6 is 0 Å². The smallest absolute Gasteiger partial charge is 0.136 e. The van der Waals surface area contributed by atoms with Crippen molar-refractivity contribution in [2.45, 2.75) is 90.7 Å². The number of fused-ring (bicyclic) bond motifs is 8. The summed E-state index contributed by atoms with van der Waals surface area (Å²) in [5, 5.41) is 10.3. The van der Waals surface area contributed by atoms with Crippen molar-refractivity contribution in [3.05, 3.63) is 0 Å². The fourth-order valence-electron chi connectivity index (χ4n) is 10.3. The molecular weight excluding hydrogens is 370 g/mol. The second kappa shape index (κ2) is 7.04. The average molecular weight is 414 g/mol. The Kier molecular flexibility index (Phi) is 4.75. The van der Waals surface area contributed by atoms with Gasteiger partial charge in [0.1, 0.15) is 5.78 Å². The molecule has 3 heteroatoms. The predicted octanol–water partition coefficient (Wildman–Crippen LogP) is 4.77. The lowest BCUT2D eigenvalue weighted by Gasteiger charge is -2.56. The number of Topliss-reactive ketones (excluding diaryl/α,β-unsaturated/α-hetero) is 1. The number of aliphatic hydroxyl groups excluding tert-OH is 1. The summed E-state index contributed by atoms with van der Waals surface area (Å²) in [4.78, 5) is 16.1. The number of ketones is 1. The van der Waals surface area contributed by atoms with Gasteiger partial charge in [0.05, 0.1) is 6.10 Å². The number of carbonyl (C=O) groups is 1. The number of nitrogens with zero attached hydrogens (tertiary/aromatic N) is 1. The number of aliphatic hydroxyl groups is 1. The molecule has 0 radical (unpaired) electrons. The molecule has 2 aliphatic heterocycles. The van der Waals surface area contributed by atoms with Crippen molar-refractivity contribution < 1.29 is 9.90 Å². The average Bonchev–Trinajstić information content (AvgIpc) is 3.09. The van der Waals surface area contributed by atoms with Gasteiger partial charge < -0.3 is 5.11 Å². The fraction of sp³-hybridized carbons (Fsp3) is 0.963. The zero-order chi connectivity index (χ0) is 20.8. The van der Waals surface area contributed by atoms with E-state index in [2.05, 4.69) is 25.7 Å². The second-order valence-corrected chi connectivity index (χ2v) is 13.0. The summed E-state index contributed by atoms with van der Waals surface area (Å²) in [6, 6.07) is 0.839. The Balaban J connectivity index is 1.28. The van der Waals surface area contributed by atoms with Gasteiger partial charge in [0.2, 0.25) is 0 Å². The number of carbonyl (C=O) groups excluding carboxylic acids is 1. The van der Waals surface area contributed by atoms with Gasteiger partial charge in [-0.05, 0) is 104 Å². The molecule has 6 rings (SSSR count). The summed E-state index contributed by atoms with van der Waals surface area (Å²) in [6.45, 7) is 10.1. The van der Waals surface area contributed by atoms with Gasteiger partial charge in [0.25, 0.3) is 0 Å². The zero-order valence-electron chi connectivity index (χ0n) is 19.4. The third-order valence-corrected chi connectivity index (χ3v) is 11.8. The molecule has 4 aliphatic carbocycles. The van der Waals surface area contributed by atoms with Crippen LogP contribution in [-0.2, 0) is 4.79 Å². The van der Waals surface area contributed by atoms with Crippen LogP contribution in [0.1, 0.15) is 78.6 Å². The quantitative estimate of drug-likeness (QED) is 0.622. The lowest BCUT2D eigenvalue weighted by molar-refractivity contribution is -0.145. The van der Waals surface area contributed by atoms with E-state index in [1.165, 1.54) is 45.2 Å². The molecule has 30 heavy (non-hydrogen) atoms. The van der Waals surface area contributed by atoms with Crippen LogP contribution in [0.5, 0.6) is 0 Å². The van der Waals surface area contributed by atoms with E-state index >= 15 is 0 Å². The van der Waals surface area contributed by atoms with Crippen LogP contribution in [0.25, 0.3) is 0 Å². The molecule has 4 saturated carbocycles. The molecule has 168 valence electrons. The normalized spacial score (nSPS) is 58.3. The largest absolute Gasteiger partial charge is 0.393 e. The van der Waals surface area contributed by atoms with Crippen molar-refractivity contribution in [2.75, 3.05) is 13.1 Å². The molecule has 3 nitrogen and oxygen atoms in total. The number of hydrogen-bond donors (Lipinski definition) is 1. The topological polar surface area (TPSA) is 40.5 Å². The minimum absolute atomic E-state index is 0.135. The molecule has 6 aliphatic rings. The zero-order valence-corrected chi connectivity index (χ0v) is 19.4. The Morgan fingerprint density at radius 3 is 2.53 bits per heavy atom. The van der Waals surface area contributed by atoms with Crippen molar-refractivity contribution in [2.24, 2.45) is 58.7 Å². The summed E-state index contributed by atoms with van der Waals surface area (Å²) >= 11 is 0. The molecular formula is C27H43NO2. The van der Waals surface area contributed by atoms with Crippen molar-refractivity contribution in [1.29, 1.82) is 0 Å². The molecule has 0 aromatic carbocycles. The van der Waals surface area contributed by atoms with Gasteiger partial charge in [-0.2, -0.15) is 0 Å². The fourth-order valence-corrected chi connectivity index (χ4v) is 10.3. The van der Waals surface area contributed by atoms with E-state index < -0.39 is 0 Å². The van der Waals surface area contributed by atoms with Gasteiger partial charge in [0.15, 0.2) is 0 Å². The number of rotatable bonds is 0. The van der Waals surface area contributed by atoms with E-state index in [9.17, 15) is 9.90 Å². The maximum atomic E-state index is 13.2. The number of piperidine rings is 2. The third kappa shape index (κ3) is 2.79. The highest BCUT2D eigenvalue weighted by molar-refractivity contribution is 5.83. The second-order valence-electron chi connectivity index (χ2n) is 13.0. The molecule has 0 bridgehead atoms. The highest BCUT2D eigenvalue weighted by atomic mass is 16.3. The highest BCUT2D eigenvalue weighted by Gasteiger charge is 2.62. The maximum absolute atomic E-state index is 13.2. The van der Waals surface area contributed by atoms with Gasteiger partial charge in [-0.25, -0.2) is 0 Å². The van der Waals surface area contributed by atoms with Crippen LogP contribution in [0.2, 0.25) is 0 Å². The first-order chi connectivity index (χ1) is 14.4. The van der Waals surface area contributed by atoms with E-state index in [4.69, 9.17) is 0 Å². The van der Waals surface area contributed by atoms with E-state index in [-0.39, 0.29) is 17.4 Å². The van der Waals surface area contributed by atoms with E-state index in [1.807, 2.05) is 0 Å². The summed E-state index contributed by atoms with van der Waals surface area (Å²) in [5.41, 5.74) is 0.161. The molecule has 0 unspecified atom stereocenters. The molecule has 0 aromatic rings. The SMILES string of the molecule is C[C@@H]1CC[C@H]2[C@H](C)[C@@H]3CC[C@@H]4[C@@H](C[C@@H]5[C@H]4CC(=O)[C@H]4C[C@@H](O)CC[C@@]45C)[C@@H]3CN2C1. The molecule has 1 N–H and O–H groups in total. The minimum Gasteiger partial charge on any atom is -0.393 e. The van der Waals surface area contributed by atoms with Crippen molar-refractivity contribution in [3.8, 4) is 0 Å². The van der Waals surface area contributed by atoms with Gasteiger partial charge in [-0.15, -0.1) is 0 Å². The van der Waals surface area contributed by atoms with Crippen LogP contribution in [0.3, 0.4) is 0 Å². The molecule has 0 spiro atoms. The van der Waals surface area contributed by atoms with Gasteiger partial charge >= 0.3 is 0 Å². The van der Waals surface area contributed by atoms with Gasteiger partial charge in [0, 0.05) is 31.5 Å². The van der Waals surface area contributed by atoms with Crippen LogP contribution in [-0.4, -0.2) is 41.0 Å². The Bertz CT molecular complexity index is 705. The van der Waals surface area contributed by atoms with Crippen molar-refractivity contribution >= 4 is 5.78 Å². The van der Waals surface area contributed by atoms with E-state index in [0.717, 1.165) is 73.2 Å². The molecule has 0 amide bonds. The summed E-state index contributed by atoms with van der Waals surface area (Å²) < 4.78 is 0. The van der Waals surface area contributed by atoms with Crippen LogP contribution in [0, 0.1) is 58.7 Å². The molecule has 2 saturated heterocycles. The Hall–Kier alpha value is -0.410. The van der Waals surface area contributed by atoms with Gasteiger partial charge in [-0.1, -0.05) is 20.8 Å². The summed E-state index contributed by atoms with van der Waals surface area (Å²) in [5.74, 6) is 7.19. The van der Waals surface area contributed by atoms with Crippen LogP contribution in [0.4, 0.5) is 0 Å². The first-order valence-corrected chi connectivity index (χ1v) is 13.3. The van der Waals surface area contributed by atoms with E-state index in [1.54, 1.807) is 0 Å². The molecule has 6 fully saturated rings. The first kappa shape index (κ1) is 20.2. The maximum Gasteiger partial charge on any atom is 0.136 e. The minimum atomic E-state index is -0.242. The van der Waals surface area contributed by atoms with Crippen molar-refractivity contribution in [3.63, 3.8) is 0 Å². The highest BCUT2D eigenvalue weighted by Crippen LogP contribution is 2.66. The summed E-state index contributed by atoms with van der Waals surface area (Å²) in [7, 11) is 0. The lowest BCUT2D eigenvalue weighted by atomic mass is 9.51. The standard InChI is InChI=1S/C27H43NO2/c1-15-4-7-25-16(2)18-5-6-19-20(22(18)14-28(25)13-15)11-23-21(19)12-26(30)24-10-17(29)8-9-27(23,24)3/h15-25,29H,4-14H2,1-3H3/t15-,16-,17+,18+,19-,20-,21+,22-,23-,24-,25+,27-/m1/s1. The van der Waals surface area contributed by atoms with Crippen LogP contribution < -0.4 is 0 Å². The Morgan fingerprint density at radius 2 is 1.70 bits per heavy atom. The molecule has 12 atom stereocenters. The monoisotopic (exact) mass is 413 g/mol. The first-order valence-electron chi connectivity index (χ1n) is 13.3. The van der Waals surface area contributed by atoms with Gasteiger partial charge in [-0.3, -0.25) is 9.69 Å². The van der Waals surface area contributed by atoms with Crippen LogP contribution in [0.15, 0.2) is 0 Å². The Morgan fingerprint density at radius 1 is 0.900 bits per heavy atom. The summed E-state index contributed by atoms with van der Waals surface area (Å²) in [6.07, 6.45) is 10.3. The predicted molar refractivity (Wildman–Crippen MR) is 119 cm³/mol. The lowest BCUT2D eigenvalue weighted by Crippen LogP contribution is -2.58. The number of hydrogen-bond acceptors (Lipinski definition) is 3. The molecule has 0 aromatic heterocycles. The van der Waals surface area contributed by atoms with Crippen molar-refractivity contribution in [1.82, 2.24) is 4.90 Å². The third-order valence-electron chi connectivity index (χ3n) is 11.8. The molecule has 2 heterocycles. The Labute approximate surface area is 183 Å². The van der Waals surface area contributed by atoms with E-state index in [0.29, 0.717) is 11.7 Å².